The summed E-state index contributed by atoms with van der Waals surface area (Å²) < 4.78 is 13.6. The van der Waals surface area contributed by atoms with E-state index in [4.69, 9.17) is 21.1 Å². The highest BCUT2D eigenvalue weighted by Gasteiger charge is 2.20. The molecule has 1 aliphatic rings. The number of aromatic nitrogens is 3. The zero-order chi connectivity index (χ0) is 19.6. The minimum atomic E-state index is -0.731. The van der Waals surface area contributed by atoms with Crippen LogP contribution in [0, 0.1) is 0 Å². The van der Waals surface area contributed by atoms with Crippen molar-refractivity contribution < 1.29 is 9.47 Å². The molecule has 0 saturated heterocycles. The fourth-order valence-electron chi connectivity index (χ4n) is 2.93. The molecule has 0 bridgehead atoms. The first-order chi connectivity index (χ1) is 13.0. The van der Waals surface area contributed by atoms with E-state index in [1.54, 1.807) is 12.1 Å². The van der Waals surface area contributed by atoms with E-state index in [-0.39, 0.29) is 26.4 Å². The monoisotopic (exact) mass is 391 g/mol. The number of benzene rings is 1. The van der Waals surface area contributed by atoms with Gasteiger partial charge in [0.05, 0.1) is 26.2 Å². The molecular formula is C18H18ClN3O5. The van der Waals surface area contributed by atoms with Crippen LogP contribution in [0.15, 0.2) is 51.8 Å². The normalized spacial score (nSPS) is 12.9. The molecule has 0 saturated carbocycles. The summed E-state index contributed by atoms with van der Waals surface area (Å²) in [7, 11) is 0. The van der Waals surface area contributed by atoms with Crippen LogP contribution in [-0.4, -0.2) is 20.5 Å². The topological polar surface area (TPSA) is 84.5 Å². The lowest BCUT2D eigenvalue weighted by Gasteiger charge is -2.21. The first-order valence-corrected chi connectivity index (χ1v) is 8.53. The molecule has 1 aromatic carbocycles. The first kappa shape index (κ1) is 18.9. The summed E-state index contributed by atoms with van der Waals surface area (Å²) in [6.45, 7) is 7.34. The second-order valence-electron chi connectivity index (χ2n) is 5.90. The molecule has 1 aromatic heterocycles. The van der Waals surface area contributed by atoms with Gasteiger partial charge in [-0.2, -0.15) is 0 Å². The average Bonchev–Trinajstić information content (AvgIpc) is 2.65. The van der Waals surface area contributed by atoms with Gasteiger partial charge in [0.25, 0.3) is 0 Å². The van der Waals surface area contributed by atoms with Gasteiger partial charge in [0.2, 0.25) is 0 Å². The highest BCUT2D eigenvalue weighted by atomic mass is 35.5. The van der Waals surface area contributed by atoms with Crippen LogP contribution < -0.4 is 21.8 Å². The third kappa shape index (κ3) is 3.54. The fourth-order valence-corrected chi connectivity index (χ4v) is 3.20. The van der Waals surface area contributed by atoms with Crippen LogP contribution >= 0.6 is 11.6 Å². The number of rotatable bonds is 6. The van der Waals surface area contributed by atoms with E-state index in [0.717, 1.165) is 19.3 Å². The molecule has 0 spiro atoms. The first-order valence-electron chi connectivity index (χ1n) is 8.16. The SMILES string of the molecule is C=CCn1c(=O)n(CC=C)c(=O)n(Cc2cc(Cl)cc3c2OCOC3)c1=O. The molecular weight excluding hydrogens is 374 g/mol. The third-order valence-electron chi connectivity index (χ3n) is 4.09. The molecule has 0 fully saturated rings. The van der Waals surface area contributed by atoms with Crippen LogP contribution in [0.5, 0.6) is 5.75 Å². The number of hydrogen-bond acceptors (Lipinski definition) is 5. The predicted octanol–water partition coefficient (Wildman–Crippen LogP) is 1.11. The van der Waals surface area contributed by atoms with Crippen molar-refractivity contribution in [2.45, 2.75) is 26.2 Å². The standard InChI is InChI=1S/C18H18ClN3O5/c1-3-5-20-16(23)21(6-4-2)18(25)22(17(20)24)9-12-7-14(19)8-13-10-26-11-27-15(12)13/h3-4,7-8H,1-2,5-6,9-11H2. The lowest BCUT2D eigenvalue weighted by atomic mass is 10.1. The number of fused-ring (bicyclic) bond motifs is 1. The number of hydrogen-bond donors (Lipinski definition) is 0. The highest BCUT2D eigenvalue weighted by Crippen LogP contribution is 2.31. The molecule has 0 atom stereocenters. The summed E-state index contributed by atoms with van der Waals surface area (Å²) in [6.07, 6.45) is 2.83. The molecule has 2 aromatic rings. The minimum Gasteiger partial charge on any atom is -0.467 e. The molecule has 0 amide bonds. The van der Waals surface area contributed by atoms with E-state index >= 15 is 0 Å². The van der Waals surface area contributed by atoms with Crippen LogP contribution in [-0.2, 0) is 31.0 Å². The van der Waals surface area contributed by atoms with Crippen molar-refractivity contribution in [3.63, 3.8) is 0 Å². The molecule has 1 aliphatic heterocycles. The summed E-state index contributed by atoms with van der Waals surface area (Å²) in [5, 5.41) is 0.428. The van der Waals surface area contributed by atoms with Crippen molar-refractivity contribution in [3.8, 4) is 5.75 Å². The predicted molar refractivity (Wildman–Crippen MR) is 100 cm³/mol. The Balaban J connectivity index is 2.21. The van der Waals surface area contributed by atoms with Gasteiger partial charge in [-0.3, -0.25) is 0 Å². The fraction of sp³-hybridized carbons (Fsp3) is 0.278. The lowest BCUT2D eigenvalue weighted by molar-refractivity contribution is -0.0171. The summed E-state index contributed by atoms with van der Waals surface area (Å²) in [6, 6.07) is 3.33. The zero-order valence-electron chi connectivity index (χ0n) is 14.5. The van der Waals surface area contributed by atoms with E-state index in [0.29, 0.717) is 22.9 Å². The molecule has 8 nitrogen and oxygen atoms in total. The second-order valence-corrected chi connectivity index (χ2v) is 6.33. The van der Waals surface area contributed by atoms with Crippen LogP contribution in [0.2, 0.25) is 5.02 Å². The molecule has 2 heterocycles. The number of nitrogens with zero attached hydrogens (tertiary/aromatic N) is 3. The van der Waals surface area contributed by atoms with Crippen LogP contribution in [0.3, 0.4) is 0 Å². The molecule has 0 unspecified atom stereocenters. The Labute approximate surface area is 159 Å². The van der Waals surface area contributed by atoms with Crippen LogP contribution in [0.4, 0.5) is 0 Å². The Morgan fingerprint density at radius 3 is 2.19 bits per heavy atom. The average molecular weight is 392 g/mol. The molecule has 142 valence electrons. The van der Waals surface area contributed by atoms with Gasteiger partial charge in [-0.25, -0.2) is 28.1 Å². The Hall–Kier alpha value is -2.84. The van der Waals surface area contributed by atoms with Gasteiger partial charge < -0.3 is 9.47 Å². The van der Waals surface area contributed by atoms with Gasteiger partial charge in [0.15, 0.2) is 6.79 Å². The van der Waals surface area contributed by atoms with Crippen molar-refractivity contribution in [2.75, 3.05) is 6.79 Å². The number of ether oxygens (including phenoxy) is 2. The van der Waals surface area contributed by atoms with Crippen molar-refractivity contribution in [2.24, 2.45) is 0 Å². The number of allylic oxidation sites excluding steroid dienone is 2. The molecule has 9 heteroatoms. The maximum absolute atomic E-state index is 12.8. The van der Waals surface area contributed by atoms with E-state index < -0.39 is 17.1 Å². The molecule has 0 aliphatic carbocycles. The van der Waals surface area contributed by atoms with Crippen LogP contribution in [0.1, 0.15) is 11.1 Å². The van der Waals surface area contributed by atoms with Gasteiger partial charge in [-0.1, -0.05) is 23.8 Å². The van der Waals surface area contributed by atoms with Crippen molar-refractivity contribution in [1.29, 1.82) is 0 Å². The van der Waals surface area contributed by atoms with Crippen LogP contribution in [0.25, 0.3) is 0 Å². The Kier molecular flexibility index (Phi) is 5.48. The molecule has 0 N–H and O–H groups in total. The van der Waals surface area contributed by atoms with Crippen molar-refractivity contribution in [3.05, 3.63) is 85.0 Å². The molecule has 0 radical (unpaired) electrons. The number of halogens is 1. The third-order valence-corrected chi connectivity index (χ3v) is 4.31. The lowest BCUT2D eigenvalue weighted by Crippen LogP contribution is -2.54. The van der Waals surface area contributed by atoms with Gasteiger partial charge in [0.1, 0.15) is 5.75 Å². The zero-order valence-corrected chi connectivity index (χ0v) is 15.3. The minimum absolute atomic E-state index is 0.0208. The Bertz CT molecular complexity index is 1030. The summed E-state index contributed by atoms with van der Waals surface area (Å²) in [4.78, 5) is 37.9. The highest BCUT2D eigenvalue weighted by molar-refractivity contribution is 6.30. The van der Waals surface area contributed by atoms with E-state index in [9.17, 15) is 14.4 Å². The van der Waals surface area contributed by atoms with E-state index in [1.165, 1.54) is 12.2 Å². The van der Waals surface area contributed by atoms with Crippen molar-refractivity contribution in [1.82, 2.24) is 13.7 Å². The summed E-state index contributed by atoms with van der Waals surface area (Å²) in [5.74, 6) is 0.522. The quantitative estimate of drug-likeness (QED) is 0.689. The Morgan fingerprint density at radius 2 is 1.59 bits per heavy atom. The van der Waals surface area contributed by atoms with Gasteiger partial charge in [-0.15, -0.1) is 13.2 Å². The summed E-state index contributed by atoms with van der Waals surface area (Å²) >= 11 is 6.15. The Morgan fingerprint density at radius 1 is 1.00 bits per heavy atom. The smallest absolute Gasteiger partial charge is 0.336 e. The largest absolute Gasteiger partial charge is 0.467 e. The molecule has 27 heavy (non-hydrogen) atoms. The second kappa shape index (κ2) is 7.81. The maximum atomic E-state index is 12.8. The van der Waals surface area contributed by atoms with E-state index in [1.807, 2.05) is 0 Å². The summed E-state index contributed by atoms with van der Waals surface area (Å²) in [5.41, 5.74) is -0.896. The van der Waals surface area contributed by atoms with E-state index in [2.05, 4.69) is 13.2 Å². The van der Waals surface area contributed by atoms with Gasteiger partial charge in [0, 0.05) is 16.1 Å². The molecule has 3 rings (SSSR count). The van der Waals surface area contributed by atoms with Gasteiger partial charge in [-0.05, 0) is 12.1 Å². The van der Waals surface area contributed by atoms with Gasteiger partial charge >= 0.3 is 17.1 Å². The van der Waals surface area contributed by atoms with Crippen molar-refractivity contribution >= 4 is 11.6 Å². The maximum Gasteiger partial charge on any atom is 0.336 e.